The van der Waals surface area contributed by atoms with E-state index in [1.165, 1.54) is 23.0 Å². The molecule has 15 heteroatoms. The standard InChI is InChI=1S/C30H36ClFN10O3/c1-4-41(5-2)21-10-9-20(26(15-21)44-18-22-23(31)7-6-8-24(22)32)16-34-36-30(43)27-25(17-40-13-11-19(3)12-14-40)42(39-35-27)29-28(33)37-45-38-29/h6-10,15-16,19H,4-5,11-14,17-18H2,1-3H3,(H2,33,37)(H,36,43)/b34-16+. The second kappa shape index (κ2) is 14.5. The summed E-state index contributed by atoms with van der Waals surface area (Å²) in [6.45, 7) is 9.93. The van der Waals surface area contributed by atoms with Gasteiger partial charge in [-0.25, -0.2) is 14.4 Å². The summed E-state index contributed by atoms with van der Waals surface area (Å²) < 4.78 is 26.6. The highest BCUT2D eigenvalue weighted by Gasteiger charge is 2.27. The molecule has 1 saturated heterocycles. The van der Waals surface area contributed by atoms with Crippen molar-refractivity contribution in [2.45, 2.75) is 46.8 Å². The number of aromatic nitrogens is 5. The first kappa shape index (κ1) is 31.9. The largest absolute Gasteiger partial charge is 0.488 e. The topological polar surface area (TPSA) is 153 Å². The van der Waals surface area contributed by atoms with Crippen molar-refractivity contribution in [1.29, 1.82) is 0 Å². The lowest BCUT2D eigenvalue weighted by Crippen LogP contribution is -2.34. The van der Waals surface area contributed by atoms with E-state index in [4.69, 9.17) is 26.7 Å². The first-order valence-electron chi connectivity index (χ1n) is 14.8. The third-order valence-electron chi connectivity index (χ3n) is 7.85. The number of nitrogen functional groups attached to an aromatic ring is 1. The van der Waals surface area contributed by atoms with Crippen LogP contribution in [0.15, 0.2) is 46.1 Å². The van der Waals surface area contributed by atoms with Crippen LogP contribution in [0.25, 0.3) is 5.82 Å². The van der Waals surface area contributed by atoms with Gasteiger partial charge < -0.3 is 15.4 Å². The van der Waals surface area contributed by atoms with Gasteiger partial charge in [0, 0.05) is 42.5 Å². The first-order valence-corrected chi connectivity index (χ1v) is 15.2. The third kappa shape index (κ3) is 7.40. The van der Waals surface area contributed by atoms with Crippen LogP contribution in [0.1, 0.15) is 60.9 Å². The molecule has 0 saturated carbocycles. The molecule has 3 N–H and O–H groups in total. The fourth-order valence-corrected chi connectivity index (χ4v) is 5.35. The number of hydrogen-bond donors (Lipinski definition) is 2. The van der Waals surface area contributed by atoms with E-state index in [0.717, 1.165) is 44.7 Å². The zero-order valence-corrected chi connectivity index (χ0v) is 26.2. The lowest BCUT2D eigenvalue weighted by atomic mass is 9.99. The van der Waals surface area contributed by atoms with Crippen LogP contribution in [0.4, 0.5) is 15.9 Å². The molecule has 0 spiro atoms. The van der Waals surface area contributed by atoms with E-state index in [-0.39, 0.29) is 34.5 Å². The Labute approximate surface area is 265 Å². The van der Waals surface area contributed by atoms with Crippen LogP contribution in [0, 0.1) is 11.7 Å². The van der Waals surface area contributed by atoms with Gasteiger partial charge in [-0.05, 0) is 80.3 Å². The molecule has 0 unspecified atom stereocenters. The number of nitrogens with two attached hydrogens (primary N) is 1. The van der Waals surface area contributed by atoms with E-state index in [2.05, 4.69) is 61.7 Å². The minimum atomic E-state index is -0.576. The number of amides is 1. The minimum absolute atomic E-state index is 0.0238. The molecule has 238 valence electrons. The molecule has 0 aliphatic carbocycles. The predicted molar refractivity (Wildman–Crippen MR) is 168 cm³/mol. The molecule has 0 bridgehead atoms. The number of anilines is 2. The first-order chi connectivity index (χ1) is 21.8. The van der Waals surface area contributed by atoms with E-state index in [0.29, 0.717) is 29.5 Å². The van der Waals surface area contributed by atoms with Crippen molar-refractivity contribution in [3.8, 4) is 11.6 Å². The average molecular weight is 639 g/mol. The summed E-state index contributed by atoms with van der Waals surface area (Å²) in [5.74, 6) is 0.211. The highest BCUT2D eigenvalue weighted by molar-refractivity contribution is 6.31. The van der Waals surface area contributed by atoms with E-state index < -0.39 is 11.7 Å². The second-order valence-corrected chi connectivity index (χ2v) is 11.2. The summed E-state index contributed by atoms with van der Waals surface area (Å²) in [6.07, 6.45) is 3.54. The highest BCUT2D eigenvalue weighted by atomic mass is 35.5. The monoisotopic (exact) mass is 638 g/mol. The number of nitrogens with zero attached hydrogens (tertiary/aromatic N) is 8. The Morgan fingerprint density at radius 2 is 2.02 bits per heavy atom. The van der Waals surface area contributed by atoms with Crippen LogP contribution in [0.3, 0.4) is 0 Å². The molecule has 4 aromatic rings. The minimum Gasteiger partial charge on any atom is -0.488 e. The van der Waals surface area contributed by atoms with Gasteiger partial charge in [-0.3, -0.25) is 9.69 Å². The number of carbonyl (C=O) groups excluding carboxylic acids is 1. The normalized spacial score (nSPS) is 14.2. The lowest BCUT2D eigenvalue weighted by Gasteiger charge is -2.30. The summed E-state index contributed by atoms with van der Waals surface area (Å²) in [6, 6.07) is 10.1. The van der Waals surface area contributed by atoms with E-state index in [1.807, 2.05) is 18.2 Å². The van der Waals surface area contributed by atoms with Crippen LogP contribution >= 0.6 is 11.6 Å². The Hall–Kier alpha value is -4.56. The maximum atomic E-state index is 14.5. The summed E-state index contributed by atoms with van der Waals surface area (Å²) in [7, 11) is 0. The van der Waals surface area contributed by atoms with Gasteiger partial charge in [0.15, 0.2) is 5.69 Å². The molecule has 2 aromatic carbocycles. The van der Waals surface area contributed by atoms with E-state index in [9.17, 15) is 9.18 Å². The number of hydrogen-bond acceptors (Lipinski definition) is 11. The Balaban J connectivity index is 1.38. The van der Waals surface area contributed by atoms with Gasteiger partial charge in [0.2, 0.25) is 11.6 Å². The van der Waals surface area contributed by atoms with Gasteiger partial charge in [0.05, 0.1) is 16.9 Å². The number of nitrogens with one attached hydrogen (secondary N) is 1. The van der Waals surface area contributed by atoms with Crippen molar-refractivity contribution in [3.05, 3.63) is 69.8 Å². The summed E-state index contributed by atoms with van der Waals surface area (Å²) in [5.41, 5.74) is 10.7. The number of hydrazone groups is 1. The molecule has 0 radical (unpaired) electrons. The van der Waals surface area contributed by atoms with E-state index >= 15 is 0 Å². The van der Waals surface area contributed by atoms with Gasteiger partial charge in [-0.15, -0.1) is 5.10 Å². The Morgan fingerprint density at radius 3 is 2.71 bits per heavy atom. The second-order valence-electron chi connectivity index (χ2n) is 10.8. The number of benzene rings is 2. The van der Waals surface area contributed by atoms with Crippen molar-refractivity contribution in [2.24, 2.45) is 11.0 Å². The fraction of sp³-hybridized carbons (Fsp3) is 0.400. The molecular weight excluding hydrogens is 603 g/mol. The zero-order valence-electron chi connectivity index (χ0n) is 25.4. The average Bonchev–Trinajstić information content (AvgIpc) is 3.64. The van der Waals surface area contributed by atoms with E-state index in [1.54, 1.807) is 6.07 Å². The van der Waals surface area contributed by atoms with Gasteiger partial charge >= 0.3 is 0 Å². The quantitative estimate of drug-likeness (QED) is 0.168. The molecule has 2 aromatic heterocycles. The molecule has 1 fully saturated rings. The summed E-state index contributed by atoms with van der Waals surface area (Å²) in [5, 5.41) is 20.2. The zero-order chi connectivity index (χ0) is 31.9. The number of rotatable bonds is 12. The molecule has 1 aliphatic rings. The smallest absolute Gasteiger partial charge is 0.293 e. The number of likely N-dealkylation sites (tertiary alicyclic amines) is 1. The maximum absolute atomic E-state index is 14.5. The predicted octanol–water partition coefficient (Wildman–Crippen LogP) is 4.45. The fourth-order valence-electron chi connectivity index (χ4n) is 5.13. The van der Waals surface area contributed by atoms with Gasteiger partial charge in [-0.1, -0.05) is 29.8 Å². The molecule has 1 amide bonds. The number of ether oxygens (including phenoxy) is 1. The van der Waals surface area contributed by atoms with Crippen molar-refractivity contribution in [2.75, 3.05) is 36.8 Å². The van der Waals surface area contributed by atoms with Crippen molar-refractivity contribution in [3.63, 3.8) is 0 Å². The van der Waals surface area contributed by atoms with Crippen LogP contribution < -0.4 is 20.8 Å². The Bertz CT molecular complexity index is 1630. The maximum Gasteiger partial charge on any atom is 0.293 e. The van der Waals surface area contributed by atoms with Crippen LogP contribution in [-0.4, -0.2) is 68.5 Å². The molecule has 1 aliphatic heterocycles. The van der Waals surface area contributed by atoms with Crippen molar-refractivity contribution >= 4 is 35.2 Å². The third-order valence-corrected chi connectivity index (χ3v) is 8.21. The SMILES string of the molecule is CCN(CC)c1ccc(/C=N/NC(=O)c2nnn(-c3nonc3N)c2CN2CCC(C)CC2)c(OCc2c(F)cccc2Cl)c1. The summed E-state index contributed by atoms with van der Waals surface area (Å²) >= 11 is 6.23. The number of halogens is 2. The summed E-state index contributed by atoms with van der Waals surface area (Å²) in [4.78, 5) is 17.7. The van der Waals surface area contributed by atoms with Crippen LogP contribution in [0.2, 0.25) is 5.02 Å². The molecule has 5 rings (SSSR count). The van der Waals surface area contributed by atoms with Crippen LogP contribution in [0.5, 0.6) is 5.75 Å². The highest BCUT2D eigenvalue weighted by Crippen LogP contribution is 2.28. The number of carbonyl (C=O) groups is 1. The van der Waals surface area contributed by atoms with Gasteiger partial charge in [0.1, 0.15) is 18.2 Å². The van der Waals surface area contributed by atoms with Crippen molar-refractivity contribution < 1.29 is 18.6 Å². The molecule has 13 nitrogen and oxygen atoms in total. The molecular formula is C30H36ClFN10O3. The van der Waals surface area contributed by atoms with Crippen LogP contribution in [-0.2, 0) is 13.2 Å². The number of piperidine rings is 1. The Morgan fingerprint density at radius 1 is 1.24 bits per heavy atom. The molecule has 45 heavy (non-hydrogen) atoms. The van der Waals surface area contributed by atoms with Gasteiger partial charge in [-0.2, -0.15) is 9.78 Å². The lowest BCUT2D eigenvalue weighted by molar-refractivity contribution is 0.0946. The van der Waals surface area contributed by atoms with Crippen molar-refractivity contribution in [1.82, 2.24) is 35.6 Å². The molecule has 3 heterocycles. The Kier molecular flexibility index (Phi) is 10.2. The van der Waals surface area contributed by atoms with Gasteiger partial charge in [0.25, 0.3) is 5.91 Å². The molecule has 0 atom stereocenters.